The zero-order chi connectivity index (χ0) is 16.2. The minimum atomic E-state index is -0.0669. The number of nitrogens with zero attached hydrogens (tertiary/aromatic N) is 4. The lowest BCUT2D eigenvalue weighted by Gasteiger charge is -2.03. The SMILES string of the molecule is CC(C)CNc1nnc(SCc2cc(=O)n3ccccc3n2)s1. The molecular formula is C15H17N5OS2. The Bertz CT molecular complexity index is 858. The molecule has 0 aliphatic carbocycles. The normalized spacial score (nSPS) is 11.3. The van der Waals surface area contributed by atoms with Crippen molar-refractivity contribution >= 4 is 33.9 Å². The summed E-state index contributed by atoms with van der Waals surface area (Å²) in [6, 6.07) is 7.08. The summed E-state index contributed by atoms with van der Waals surface area (Å²) >= 11 is 3.06. The third kappa shape index (κ3) is 4.08. The Morgan fingerprint density at radius 3 is 3.04 bits per heavy atom. The predicted molar refractivity (Wildman–Crippen MR) is 94.3 cm³/mol. The second-order valence-corrected chi connectivity index (χ2v) is 7.65. The van der Waals surface area contributed by atoms with Crippen LogP contribution in [0.4, 0.5) is 5.13 Å². The molecular weight excluding hydrogens is 330 g/mol. The predicted octanol–water partition coefficient (Wildman–Crippen LogP) is 2.91. The summed E-state index contributed by atoms with van der Waals surface area (Å²) in [5, 5.41) is 12.4. The van der Waals surface area contributed by atoms with Crippen LogP contribution in [-0.4, -0.2) is 26.1 Å². The Morgan fingerprint density at radius 1 is 1.35 bits per heavy atom. The summed E-state index contributed by atoms with van der Waals surface area (Å²) in [7, 11) is 0. The summed E-state index contributed by atoms with van der Waals surface area (Å²) in [6.07, 6.45) is 1.72. The van der Waals surface area contributed by atoms with Gasteiger partial charge in [0.25, 0.3) is 5.56 Å². The first-order valence-electron chi connectivity index (χ1n) is 7.29. The molecule has 23 heavy (non-hydrogen) atoms. The Morgan fingerprint density at radius 2 is 2.22 bits per heavy atom. The van der Waals surface area contributed by atoms with Crippen molar-refractivity contribution in [3.63, 3.8) is 0 Å². The second-order valence-electron chi connectivity index (χ2n) is 5.45. The maximum Gasteiger partial charge on any atom is 0.258 e. The van der Waals surface area contributed by atoms with E-state index >= 15 is 0 Å². The Balaban J connectivity index is 1.67. The molecule has 0 aliphatic rings. The highest BCUT2D eigenvalue weighted by molar-refractivity contribution is 8.00. The van der Waals surface area contributed by atoms with Crippen molar-refractivity contribution in [1.82, 2.24) is 19.6 Å². The number of hydrogen-bond acceptors (Lipinski definition) is 7. The molecule has 0 fully saturated rings. The number of hydrogen-bond donors (Lipinski definition) is 1. The highest BCUT2D eigenvalue weighted by Crippen LogP contribution is 2.27. The molecule has 3 aromatic heterocycles. The number of anilines is 1. The summed E-state index contributed by atoms with van der Waals surface area (Å²) in [4.78, 5) is 16.5. The van der Waals surface area contributed by atoms with E-state index < -0.39 is 0 Å². The van der Waals surface area contributed by atoms with E-state index in [9.17, 15) is 4.79 Å². The van der Waals surface area contributed by atoms with Crippen LogP contribution in [-0.2, 0) is 5.75 Å². The van der Waals surface area contributed by atoms with Crippen molar-refractivity contribution in [1.29, 1.82) is 0 Å². The smallest absolute Gasteiger partial charge is 0.258 e. The van der Waals surface area contributed by atoms with Crippen LogP contribution in [0.3, 0.4) is 0 Å². The summed E-state index contributed by atoms with van der Waals surface area (Å²) in [5.74, 6) is 1.16. The molecule has 0 saturated carbocycles. The van der Waals surface area contributed by atoms with Gasteiger partial charge in [-0.2, -0.15) is 0 Å². The van der Waals surface area contributed by atoms with Gasteiger partial charge in [-0.15, -0.1) is 10.2 Å². The van der Waals surface area contributed by atoms with Crippen molar-refractivity contribution in [2.75, 3.05) is 11.9 Å². The van der Waals surface area contributed by atoms with Crippen LogP contribution in [0.2, 0.25) is 0 Å². The van der Waals surface area contributed by atoms with Crippen LogP contribution < -0.4 is 10.9 Å². The summed E-state index contributed by atoms with van der Waals surface area (Å²) in [6.45, 7) is 5.17. The molecule has 0 spiro atoms. The molecule has 0 atom stereocenters. The van der Waals surface area contributed by atoms with E-state index in [2.05, 4.69) is 34.3 Å². The molecule has 0 amide bonds. The topological polar surface area (TPSA) is 72.2 Å². The molecule has 3 rings (SSSR count). The number of pyridine rings is 1. The van der Waals surface area contributed by atoms with Crippen LogP contribution in [0, 0.1) is 5.92 Å². The first kappa shape index (κ1) is 15.9. The number of rotatable bonds is 6. The molecule has 6 nitrogen and oxygen atoms in total. The van der Waals surface area contributed by atoms with Crippen molar-refractivity contribution in [3.05, 3.63) is 46.5 Å². The zero-order valence-corrected chi connectivity index (χ0v) is 14.5. The monoisotopic (exact) mass is 347 g/mol. The third-order valence-corrected chi connectivity index (χ3v) is 5.08. The lowest BCUT2D eigenvalue weighted by Crippen LogP contribution is -2.14. The minimum absolute atomic E-state index is 0.0669. The maximum absolute atomic E-state index is 12.0. The van der Waals surface area contributed by atoms with Crippen LogP contribution in [0.25, 0.3) is 5.65 Å². The molecule has 1 N–H and O–H groups in total. The molecule has 0 aliphatic heterocycles. The highest BCUT2D eigenvalue weighted by Gasteiger charge is 2.07. The van der Waals surface area contributed by atoms with Gasteiger partial charge >= 0.3 is 0 Å². The fraction of sp³-hybridized carbons (Fsp3) is 0.333. The quantitative estimate of drug-likeness (QED) is 0.691. The van der Waals surface area contributed by atoms with E-state index in [1.807, 2.05) is 18.2 Å². The average Bonchev–Trinajstić information content (AvgIpc) is 2.99. The van der Waals surface area contributed by atoms with Crippen LogP contribution in [0.5, 0.6) is 0 Å². The molecule has 0 aromatic carbocycles. The van der Waals surface area contributed by atoms with E-state index in [1.54, 1.807) is 24.0 Å². The van der Waals surface area contributed by atoms with Gasteiger partial charge in [0.1, 0.15) is 5.65 Å². The lowest BCUT2D eigenvalue weighted by atomic mass is 10.2. The molecule has 0 radical (unpaired) electrons. The number of aromatic nitrogens is 4. The molecule has 3 aromatic rings. The fourth-order valence-corrected chi connectivity index (χ4v) is 3.59. The average molecular weight is 347 g/mol. The van der Waals surface area contributed by atoms with Gasteiger partial charge in [-0.05, 0) is 18.1 Å². The van der Waals surface area contributed by atoms with Gasteiger partial charge in [-0.25, -0.2) is 4.98 Å². The van der Waals surface area contributed by atoms with Gasteiger partial charge < -0.3 is 5.32 Å². The Labute approximate surface area is 142 Å². The minimum Gasteiger partial charge on any atom is -0.360 e. The molecule has 120 valence electrons. The van der Waals surface area contributed by atoms with Gasteiger partial charge in [0.15, 0.2) is 4.34 Å². The summed E-state index contributed by atoms with van der Waals surface area (Å²) in [5.41, 5.74) is 1.34. The Hall–Kier alpha value is -1.93. The van der Waals surface area contributed by atoms with Crippen molar-refractivity contribution in [2.45, 2.75) is 23.9 Å². The maximum atomic E-state index is 12.0. The standard InChI is InChI=1S/C15H17N5OS2/c1-10(2)8-16-14-18-19-15(23-14)22-9-11-7-13(21)20-6-4-3-5-12(20)17-11/h3-7,10H,8-9H2,1-2H3,(H,16,18). The lowest BCUT2D eigenvalue weighted by molar-refractivity contribution is 0.687. The van der Waals surface area contributed by atoms with Crippen LogP contribution in [0.15, 0.2) is 39.6 Å². The first-order valence-corrected chi connectivity index (χ1v) is 9.09. The van der Waals surface area contributed by atoms with Crippen molar-refractivity contribution < 1.29 is 0 Å². The van der Waals surface area contributed by atoms with Gasteiger partial charge in [-0.3, -0.25) is 9.20 Å². The molecule has 0 bridgehead atoms. The summed E-state index contributed by atoms with van der Waals surface area (Å²) < 4.78 is 2.40. The number of nitrogens with one attached hydrogen (secondary N) is 1. The third-order valence-electron chi connectivity index (χ3n) is 3.04. The van der Waals surface area contributed by atoms with E-state index in [4.69, 9.17) is 0 Å². The number of fused-ring (bicyclic) bond motifs is 1. The van der Waals surface area contributed by atoms with Crippen LogP contribution in [0.1, 0.15) is 19.5 Å². The van der Waals surface area contributed by atoms with E-state index in [0.29, 0.717) is 17.3 Å². The second kappa shape index (κ2) is 7.10. The van der Waals surface area contributed by atoms with E-state index in [0.717, 1.165) is 21.7 Å². The van der Waals surface area contributed by atoms with E-state index in [1.165, 1.54) is 15.7 Å². The first-order chi connectivity index (χ1) is 11.1. The largest absolute Gasteiger partial charge is 0.360 e. The highest BCUT2D eigenvalue weighted by atomic mass is 32.2. The number of thioether (sulfide) groups is 1. The molecule has 0 saturated heterocycles. The fourth-order valence-electron chi connectivity index (χ4n) is 1.94. The van der Waals surface area contributed by atoms with Gasteiger partial charge in [0.2, 0.25) is 5.13 Å². The van der Waals surface area contributed by atoms with Gasteiger partial charge in [-0.1, -0.05) is 43.0 Å². The molecule has 0 unspecified atom stereocenters. The van der Waals surface area contributed by atoms with Crippen molar-refractivity contribution in [3.8, 4) is 0 Å². The van der Waals surface area contributed by atoms with Crippen LogP contribution >= 0.6 is 23.1 Å². The molecule has 3 heterocycles. The zero-order valence-electron chi connectivity index (χ0n) is 12.9. The van der Waals surface area contributed by atoms with E-state index in [-0.39, 0.29) is 5.56 Å². The Kier molecular flexibility index (Phi) is 4.92. The van der Waals surface area contributed by atoms with Crippen molar-refractivity contribution in [2.24, 2.45) is 5.92 Å². The molecule has 8 heteroatoms. The van der Waals surface area contributed by atoms with Gasteiger partial charge in [0, 0.05) is 24.6 Å². The van der Waals surface area contributed by atoms with Gasteiger partial charge in [0.05, 0.1) is 5.69 Å².